The Kier molecular flexibility index (Phi) is 4.71. The third-order valence-corrected chi connectivity index (χ3v) is 5.10. The van der Waals surface area contributed by atoms with E-state index in [-0.39, 0.29) is 17.1 Å². The lowest BCUT2D eigenvalue weighted by molar-refractivity contribution is 0.0486. The van der Waals surface area contributed by atoms with Crippen LogP contribution in [0.4, 0.5) is 4.39 Å². The van der Waals surface area contributed by atoms with E-state index in [9.17, 15) is 9.18 Å². The van der Waals surface area contributed by atoms with Crippen LogP contribution in [-0.2, 0) is 17.2 Å². The number of carbonyl (C=O) groups is 1. The van der Waals surface area contributed by atoms with Crippen LogP contribution >= 0.6 is 0 Å². The SMILES string of the molecule is Cc1c(C(=O)NCC2(c3cccc(F)c3)CCOCC2)ccn1C. The van der Waals surface area contributed by atoms with Gasteiger partial charge in [0, 0.05) is 44.1 Å². The van der Waals surface area contributed by atoms with Crippen molar-refractivity contribution in [1.29, 1.82) is 0 Å². The van der Waals surface area contributed by atoms with Crippen molar-refractivity contribution in [2.45, 2.75) is 25.2 Å². The number of rotatable bonds is 4. The van der Waals surface area contributed by atoms with Gasteiger partial charge < -0.3 is 14.6 Å². The topological polar surface area (TPSA) is 43.3 Å². The number of carbonyl (C=O) groups excluding carboxylic acids is 1. The molecule has 1 fully saturated rings. The quantitative estimate of drug-likeness (QED) is 0.937. The summed E-state index contributed by atoms with van der Waals surface area (Å²) >= 11 is 0. The lowest BCUT2D eigenvalue weighted by Gasteiger charge is -2.38. The van der Waals surface area contributed by atoms with Crippen LogP contribution in [0.1, 0.15) is 34.5 Å². The van der Waals surface area contributed by atoms with Gasteiger partial charge in [-0.3, -0.25) is 4.79 Å². The van der Waals surface area contributed by atoms with E-state index in [0.29, 0.717) is 25.3 Å². The highest BCUT2D eigenvalue weighted by Crippen LogP contribution is 2.34. The summed E-state index contributed by atoms with van der Waals surface area (Å²) < 4.78 is 21.1. The van der Waals surface area contributed by atoms with E-state index in [0.717, 1.165) is 24.1 Å². The molecule has 1 aliphatic heterocycles. The summed E-state index contributed by atoms with van der Waals surface area (Å²) in [7, 11) is 1.92. The second kappa shape index (κ2) is 6.77. The molecule has 1 aromatic heterocycles. The maximum absolute atomic E-state index is 13.7. The summed E-state index contributed by atoms with van der Waals surface area (Å²) in [5, 5.41) is 3.05. The minimum atomic E-state index is -0.279. The number of aryl methyl sites for hydroxylation is 1. The predicted molar refractivity (Wildman–Crippen MR) is 90.6 cm³/mol. The fourth-order valence-electron chi connectivity index (χ4n) is 3.34. The van der Waals surface area contributed by atoms with E-state index in [2.05, 4.69) is 5.32 Å². The molecular formula is C19H23FN2O2. The first kappa shape index (κ1) is 16.7. The van der Waals surface area contributed by atoms with Crippen molar-refractivity contribution in [3.63, 3.8) is 0 Å². The van der Waals surface area contributed by atoms with Crippen LogP contribution in [-0.4, -0.2) is 30.2 Å². The molecule has 0 radical (unpaired) electrons. The molecule has 24 heavy (non-hydrogen) atoms. The Morgan fingerprint density at radius 3 is 2.71 bits per heavy atom. The highest BCUT2D eigenvalue weighted by molar-refractivity contribution is 5.95. The highest BCUT2D eigenvalue weighted by atomic mass is 19.1. The van der Waals surface area contributed by atoms with Crippen LogP contribution in [0, 0.1) is 12.7 Å². The first-order valence-corrected chi connectivity index (χ1v) is 8.26. The lowest BCUT2D eigenvalue weighted by Crippen LogP contribution is -2.44. The van der Waals surface area contributed by atoms with Crippen LogP contribution in [0.15, 0.2) is 36.5 Å². The Hall–Kier alpha value is -2.14. The molecule has 4 nitrogen and oxygen atoms in total. The number of hydrogen-bond donors (Lipinski definition) is 1. The maximum atomic E-state index is 13.7. The van der Waals surface area contributed by atoms with Crippen molar-refractivity contribution in [3.05, 3.63) is 59.2 Å². The Labute approximate surface area is 141 Å². The van der Waals surface area contributed by atoms with Gasteiger partial charge in [-0.2, -0.15) is 0 Å². The van der Waals surface area contributed by atoms with Crippen LogP contribution in [0.25, 0.3) is 0 Å². The first-order valence-electron chi connectivity index (χ1n) is 8.26. The summed E-state index contributed by atoms with van der Waals surface area (Å²) in [6.07, 6.45) is 3.41. The minimum Gasteiger partial charge on any atom is -0.381 e. The van der Waals surface area contributed by atoms with Gasteiger partial charge in [-0.25, -0.2) is 4.39 Å². The number of benzene rings is 1. The zero-order chi connectivity index (χ0) is 17.2. The van der Waals surface area contributed by atoms with Crippen molar-refractivity contribution in [3.8, 4) is 0 Å². The highest BCUT2D eigenvalue weighted by Gasteiger charge is 2.35. The third kappa shape index (κ3) is 3.22. The molecular weight excluding hydrogens is 307 g/mol. The van der Waals surface area contributed by atoms with Crippen molar-refractivity contribution in [1.82, 2.24) is 9.88 Å². The molecule has 1 aliphatic rings. The van der Waals surface area contributed by atoms with Crippen molar-refractivity contribution >= 4 is 5.91 Å². The number of ether oxygens (including phenoxy) is 1. The molecule has 5 heteroatoms. The molecule has 0 atom stereocenters. The van der Waals surface area contributed by atoms with E-state index in [1.54, 1.807) is 12.1 Å². The standard InChI is InChI=1S/C19H23FN2O2/c1-14-17(6-9-22(14)2)18(23)21-13-19(7-10-24-11-8-19)15-4-3-5-16(20)12-15/h3-6,9,12H,7-8,10-11,13H2,1-2H3,(H,21,23). The van der Waals surface area contributed by atoms with Gasteiger partial charge in [0.2, 0.25) is 0 Å². The van der Waals surface area contributed by atoms with E-state index in [4.69, 9.17) is 4.74 Å². The van der Waals surface area contributed by atoms with Crippen molar-refractivity contribution < 1.29 is 13.9 Å². The molecule has 128 valence electrons. The fourth-order valence-corrected chi connectivity index (χ4v) is 3.34. The second-order valence-electron chi connectivity index (χ2n) is 6.51. The number of halogens is 1. The fraction of sp³-hybridized carbons (Fsp3) is 0.421. The molecule has 0 spiro atoms. The average molecular weight is 330 g/mol. The summed E-state index contributed by atoms with van der Waals surface area (Å²) in [6.45, 7) is 3.65. The molecule has 1 N–H and O–H groups in total. The Morgan fingerprint density at radius 1 is 1.33 bits per heavy atom. The molecule has 0 saturated carbocycles. The van der Waals surface area contributed by atoms with Gasteiger partial charge >= 0.3 is 0 Å². The van der Waals surface area contributed by atoms with Gasteiger partial charge in [-0.15, -0.1) is 0 Å². The summed E-state index contributed by atoms with van der Waals surface area (Å²) in [5.41, 5.74) is 2.26. The number of hydrogen-bond acceptors (Lipinski definition) is 2. The van der Waals surface area contributed by atoms with Crippen molar-refractivity contribution in [2.75, 3.05) is 19.8 Å². The van der Waals surface area contributed by atoms with Gasteiger partial charge in [-0.1, -0.05) is 12.1 Å². The smallest absolute Gasteiger partial charge is 0.253 e. The molecule has 0 bridgehead atoms. The monoisotopic (exact) mass is 330 g/mol. The number of nitrogens with zero attached hydrogens (tertiary/aromatic N) is 1. The van der Waals surface area contributed by atoms with E-state index in [1.165, 1.54) is 6.07 Å². The van der Waals surface area contributed by atoms with E-state index in [1.807, 2.05) is 36.9 Å². The number of nitrogens with one attached hydrogen (secondary N) is 1. The van der Waals surface area contributed by atoms with Gasteiger partial charge in [0.1, 0.15) is 5.82 Å². The molecule has 1 saturated heterocycles. The van der Waals surface area contributed by atoms with Gasteiger partial charge in [0.05, 0.1) is 5.56 Å². The molecule has 2 heterocycles. The summed E-state index contributed by atoms with van der Waals surface area (Å²) in [5.74, 6) is -0.334. The number of aromatic nitrogens is 1. The Balaban J connectivity index is 1.80. The summed E-state index contributed by atoms with van der Waals surface area (Å²) in [4.78, 5) is 12.5. The van der Waals surface area contributed by atoms with Gasteiger partial charge in [0.25, 0.3) is 5.91 Å². The van der Waals surface area contributed by atoms with Gasteiger partial charge in [-0.05, 0) is 43.5 Å². The molecule has 3 rings (SSSR count). The van der Waals surface area contributed by atoms with Crippen LogP contribution in [0.5, 0.6) is 0 Å². The zero-order valence-electron chi connectivity index (χ0n) is 14.1. The largest absolute Gasteiger partial charge is 0.381 e. The lowest BCUT2D eigenvalue weighted by atomic mass is 9.74. The molecule has 2 aromatic rings. The molecule has 0 unspecified atom stereocenters. The third-order valence-electron chi connectivity index (χ3n) is 5.10. The van der Waals surface area contributed by atoms with Crippen LogP contribution in [0.2, 0.25) is 0 Å². The van der Waals surface area contributed by atoms with Crippen molar-refractivity contribution in [2.24, 2.45) is 7.05 Å². The maximum Gasteiger partial charge on any atom is 0.253 e. The predicted octanol–water partition coefficient (Wildman–Crippen LogP) is 2.95. The average Bonchev–Trinajstić information content (AvgIpc) is 2.93. The molecule has 1 aromatic carbocycles. The van der Waals surface area contributed by atoms with E-state index < -0.39 is 0 Å². The first-order chi connectivity index (χ1) is 11.5. The summed E-state index contributed by atoms with van der Waals surface area (Å²) in [6, 6.07) is 8.51. The Bertz CT molecular complexity index is 733. The minimum absolute atomic E-state index is 0.0876. The van der Waals surface area contributed by atoms with Gasteiger partial charge in [0.15, 0.2) is 0 Å². The number of amides is 1. The Morgan fingerprint density at radius 2 is 2.08 bits per heavy atom. The van der Waals surface area contributed by atoms with Crippen LogP contribution < -0.4 is 5.32 Å². The second-order valence-corrected chi connectivity index (χ2v) is 6.51. The molecule has 1 amide bonds. The zero-order valence-corrected chi connectivity index (χ0v) is 14.1. The van der Waals surface area contributed by atoms with Crippen LogP contribution in [0.3, 0.4) is 0 Å². The normalized spacial score (nSPS) is 16.8. The molecule has 0 aliphatic carbocycles. The van der Waals surface area contributed by atoms with E-state index >= 15 is 0 Å².